The number of thiophene rings is 1. The number of benzene rings is 1. The van der Waals surface area contributed by atoms with Gasteiger partial charge in [0.1, 0.15) is 22.9 Å². The molecule has 0 saturated carbocycles. The van der Waals surface area contributed by atoms with E-state index in [9.17, 15) is 14.0 Å². The van der Waals surface area contributed by atoms with E-state index in [1.54, 1.807) is 11.4 Å². The second kappa shape index (κ2) is 5.76. The molecule has 0 amide bonds. The van der Waals surface area contributed by atoms with Gasteiger partial charge in [-0.25, -0.2) is 9.18 Å². The molecule has 0 aliphatic rings. The molecule has 22 heavy (non-hydrogen) atoms. The molecule has 0 aliphatic carbocycles. The van der Waals surface area contributed by atoms with Crippen molar-refractivity contribution in [2.24, 2.45) is 7.05 Å². The van der Waals surface area contributed by atoms with Crippen LogP contribution in [0.5, 0.6) is 5.75 Å². The van der Waals surface area contributed by atoms with E-state index in [2.05, 4.69) is 0 Å². The topological polar surface area (TPSA) is 53.2 Å². The van der Waals surface area contributed by atoms with Crippen LogP contribution in [-0.2, 0) is 13.6 Å². The van der Waals surface area contributed by atoms with E-state index in [-0.39, 0.29) is 23.7 Å². The van der Waals surface area contributed by atoms with Gasteiger partial charge in [-0.15, -0.1) is 11.3 Å². The van der Waals surface area contributed by atoms with Crippen molar-refractivity contribution >= 4 is 21.6 Å². The number of halogens is 1. The summed E-state index contributed by atoms with van der Waals surface area (Å²) in [7, 11) is 1.46. The lowest BCUT2D eigenvalue weighted by atomic mass is 10.3. The van der Waals surface area contributed by atoms with Gasteiger partial charge in [-0.05, 0) is 35.7 Å². The fraction of sp³-hybridized carbons (Fsp3) is 0.200. The first-order valence-electron chi connectivity index (χ1n) is 6.63. The van der Waals surface area contributed by atoms with Gasteiger partial charge < -0.3 is 4.74 Å². The highest BCUT2D eigenvalue weighted by Gasteiger charge is 2.11. The van der Waals surface area contributed by atoms with Gasteiger partial charge >= 0.3 is 5.69 Å². The monoisotopic (exact) mass is 320 g/mol. The van der Waals surface area contributed by atoms with E-state index >= 15 is 0 Å². The van der Waals surface area contributed by atoms with Gasteiger partial charge in [0.05, 0.1) is 12.1 Å². The predicted molar refractivity (Wildman–Crippen MR) is 83.2 cm³/mol. The Kier molecular flexibility index (Phi) is 3.81. The minimum absolute atomic E-state index is 0.245. The van der Waals surface area contributed by atoms with Crippen LogP contribution in [0.3, 0.4) is 0 Å². The highest BCUT2D eigenvalue weighted by molar-refractivity contribution is 7.17. The first kappa shape index (κ1) is 14.5. The van der Waals surface area contributed by atoms with Crippen LogP contribution < -0.4 is 16.0 Å². The summed E-state index contributed by atoms with van der Waals surface area (Å²) in [5.74, 6) is 0.197. The van der Waals surface area contributed by atoms with Crippen molar-refractivity contribution in [3.05, 3.63) is 62.4 Å². The number of aromatic nitrogens is 2. The highest BCUT2D eigenvalue weighted by atomic mass is 32.1. The Morgan fingerprint density at radius 3 is 2.64 bits per heavy atom. The Morgan fingerprint density at radius 1 is 1.18 bits per heavy atom. The number of hydrogen-bond donors (Lipinski definition) is 0. The first-order valence-corrected chi connectivity index (χ1v) is 7.51. The van der Waals surface area contributed by atoms with Gasteiger partial charge in [-0.3, -0.25) is 13.9 Å². The summed E-state index contributed by atoms with van der Waals surface area (Å²) < 4.78 is 21.5. The molecule has 5 nitrogen and oxygen atoms in total. The van der Waals surface area contributed by atoms with Gasteiger partial charge in [0.25, 0.3) is 5.56 Å². The summed E-state index contributed by atoms with van der Waals surface area (Å²) in [5.41, 5.74) is -0.0508. The molecular weight excluding hydrogens is 307 g/mol. The zero-order valence-electron chi connectivity index (χ0n) is 11.8. The van der Waals surface area contributed by atoms with Crippen molar-refractivity contribution in [3.63, 3.8) is 0 Å². The molecule has 0 radical (unpaired) electrons. The van der Waals surface area contributed by atoms with Crippen LogP contribution in [0.25, 0.3) is 10.2 Å². The molecule has 0 aliphatic heterocycles. The fourth-order valence-corrected chi connectivity index (χ4v) is 3.07. The van der Waals surface area contributed by atoms with Crippen LogP contribution in [0.15, 0.2) is 45.3 Å². The van der Waals surface area contributed by atoms with E-state index in [0.717, 1.165) is 4.57 Å². The number of nitrogens with zero attached hydrogens (tertiary/aromatic N) is 2. The van der Waals surface area contributed by atoms with Crippen molar-refractivity contribution in [2.75, 3.05) is 6.61 Å². The molecular formula is C15H13FN2O3S. The molecule has 7 heteroatoms. The molecule has 2 heterocycles. The molecule has 0 N–H and O–H groups in total. The van der Waals surface area contributed by atoms with Crippen LogP contribution in [-0.4, -0.2) is 15.7 Å². The summed E-state index contributed by atoms with van der Waals surface area (Å²) in [6.45, 7) is 0.548. The average Bonchev–Trinajstić information content (AvgIpc) is 3.00. The second-order valence-corrected chi connectivity index (χ2v) is 5.65. The van der Waals surface area contributed by atoms with Crippen molar-refractivity contribution in [1.29, 1.82) is 0 Å². The molecule has 2 aromatic heterocycles. The van der Waals surface area contributed by atoms with Gasteiger partial charge in [0, 0.05) is 7.05 Å². The SMILES string of the molecule is Cn1c(=O)c2sccc2n(CCOc2ccc(F)cc2)c1=O. The number of ether oxygens (including phenoxy) is 1. The van der Waals surface area contributed by atoms with Gasteiger partial charge in [0.2, 0.25) is 0 Å². The quantitative estimate of drug-likeness (QED) is 0.738. The van der Waals surface area contributed by atoms with Crippen LogP contribution in [0.2, 0.25) is 0 Å². The summed E-state index contributed by atoms with van der Waals surface area (Å²) in [4.78, 5) is 24.2. The lowest BCUT2D eigenvalue weighted by molar-refractivity contribution is 0.296. The molecule has 114 valence electrons. The molecule has 0 unspecified atom stereocenters. The largest absolute Gasteiger partial charge is 0.492 e. The van der Waals surface area contributed by atoms with Crippen molar-refractivity contribution < 1.29 is 9.13 Å². The third kappa shape index (κ3) is 2.55. The minimum atomic E-state index is -0.376. The highest BCUT2D eigenvalue weighted by Crippen LogP contribution is 2.15. The fourth-order valence-electron chi connectivity index (χ4n) is 2.20. The van der Waals surface area contributed by atoms with E-state index in [4.69, 9.17) is 4.74 Å². The number of rotatable bonds is 4. The first-order chi connectivity index (χ1) is 10.6. The van der Waals surface area contributed by atoms with Crippen LogP contribution in [0.4, 0.5) is 4.39 Å². The Labute approximate surface area is 128 Å². The summed E-state index contributed by atoms with van der Waals surface area (Å²) in [6.07, 6.45) is 0. The zero-order chi connectivity index (χ0) is 15.7. The van der Waals surface area contributed by atoms with Crippen molar-refractivity contribution in [2.45, 2.75) is 6.54 Å². The summed E-state index contributed by atoms with van der Waals surface area (Å²) >= 11 is 1.31. The van der Waals surface area contributed by atoms with Crippen LogP contribution in [0, 0.1) is 5.82 Å². The molecule has 3 aromatic rings. The van der Waals surface area contributed by atoms with Crippen LogP contribution in [0.1, 0.15) is 0 Å². The third-order valence-electron chi connectivity index (χ3n) is 3.35. The van der Waals surface area contributed by atoms with E-state index in [1.807, 2.05) is 0 Å². The van der Waals surface area contributed by atoms with E-state index in [1.165, 1.54) is 47.2 Å². The van der Waals surface area contributed by atoms with Gasteiger partial charge in [-0.2, -0.15) is 0 Å². The standard InChI is InChI=1S/C15H13FN2O3S/c1-17-14(19)13-12(6-9-22-13)18(15(17)20)7-8-21-11-4-2-10(16)3-5-11/h2-6,9H,7-8H2,1H3. The van der Waals surface area contributed by atoms with Crippen molar-refractivity contribution in [3.8, 4) is 5.75 Å². The molecule has 0 saturated heterocycles. The Bertz CT molecular complexity index is 925. The number of hydrogen-bond acceptors (Lipinski definition) is 4. The van der Waals surface area contributed by atoms with Gasteiger partial charge in [0.15, 0.2) is 0 Å². The average molecular weight is 320 g/mol. The van der Waals surface area contributed by atoms with Crippen molar-refractivity contribution in [1.82, 2.24) is 9.13 Å². The molecule has 1 aromatic carbocycles. The normalized spacial score (nSPS) is 11.0. The predicted octanol–water partition coefficient (Wildman–Crippen LogP) is 1.98. The Morgan fingerprint density at radius 2 is 1.91 bits per heavy atom. The van der Waals surface area contributed by atoms with E-state index < -0.39 is 0 Å². The Hall–Kier alpha value is -2.41. The molecule has 0 bridgehead atoms. The lowest BCUT2D eigenvalue weighted by Crippen LogP contribution is -2.38. The Balaban J connectivity index is 1.85. The summed E-state index contributed by atoms with van der Waals surface area (Å²) in [6, 6.07) is 7.42. The third-order valence-corrected chi connectivity index (χ3v) is 4.24. The maximum atomic E-state index is 12.8. The maximum Gasteiger partial charge on any atom is 0.331 e. The second-order valence-electron chi connectivity index (χ2n) is 4.74. The molecule has 0 atom stereocenters. The molecule has 0 fully saturated rings. The lowest BCUT2D eigenvalue weighted by Gasteiger charge is -2.11. The maximum absolute atomic E-state index is 12.8. The number of fused-ring (bicyclic) bond motifs is 1. The van der Waals surface area contributed by atoms with E-state index in [0.29, 0.717) is 22.5 Å². The minimum Gasteiger partial charge on any atom is -0.492 e. The van der Waals surface area contributed by atoms with Crippen LogP contribution >= 0.6 is 11.3 Å². The zero-order valence-corrected chi connectivity index (χ0v) is 12.6. The molecule has 3 rings (SSSR count). The summed E-state index contributed by atoms with van der Waals surface area (Å²) in [5, 5.41) is 1.78. The van der Waals surface area contributed by atoms with Gasteiger partial charge in [-0.1, -0.05) is 0 Å². The molecule has 0 spiro atoms. The smallest absolute Gasteiger partial charge is 0.331 e.